The zero-order chi connectivity index (χ0) is 22.5. The van der Waals surface area contributed by atoms with Crippen molar-refractivity contribution in [2.45, 2.75) is 25.5 Å². The normalized spacial score (nSPS) is 16.6. The maximum atomic E-state index is 14.5. The van der Waals surface area contributed by atoms with Gasteiger partial charge in [-0.15, -0.1) is 0 Å². The number of nitrogens with zero attached hydrogens (tertiary/aromatic N) is 3. The number of aromatic nitrogens is 2. The van der Waals surface area contributed by atoms with E-state index in [1.807, 2.05) is 10.9 Å². The number of guanidine groups is 1. The lowest BCUT2D eigenvalue weighted by atomic mass is 10.1. The molecule has 172 valence electrons. The van der Waals surface area contributed by atoms with Gasteiger partial charge < -0.3 is 30.2 Å². The molecule has 0 atom stereocenters. The van der Waals surface area contributed by atoms with Crippen molar-refractivity contribution < 1.29 is 23.0 Å². The van der Waals surface area contributed by atoms with Crippen LogP contribution in [-0.2, 0) is 11.3 Å². The molecular formula is C21H26F2N6O3. The summed E-state index contributed by atoms with van der Waals surface area (Å²) in [5, 5.41) is 13.9. The average molecular weight is 448 g/mol. The summed E-state index contributed by atoms with van der Waals surface area (Å²) in [4.78, 5) is 4.37. The van der Waals surface area contributed by atoms with Gasteiger partial charge in [-0.25, -0.2) is 13.8 Å². The predicted octanol–water partition coefficient (Wildman–Crippen LogP) is 2.53. The maximum absolute atomic E-state index is 14.5. The Balaban J connectivity index is 1.33. The minimum absolute atomic E-state index is 0.118. The molecule has 11 heteroatoms. The van der Waals surface area contributed by atoms with E-state index in [9.17, 15) is 8.78 Å². The summed E-state index contributed by atoms with van der Waals surface area (Å²) in [6, 6.07) is 1.55. The molecule has 0 saturated carbocycles. The molecule has 0 aliphatic carbocycles. The van der Waals surface area contributed by atoms with Crippen molar-refractivity contribution >= 4 is 11.6 Å². The molecule has 2 aromatic rings. The first kappa shape index (κ1) is 21.9. The minimum Gasteiger partial charge on any atom is -0.494 e. The highest BCUT2D eigenvalue weighted by Crippen LogP contribution is 2.32. The molecule has 1 aromatic carbocycles. The van der Waals surface area contributed by atoms with Crippen molar-refractivity contribution in [3.05, 3.63) is 47.6 Å². The van der Waals surface area contributed by atoms with Crippen LogP contribution in [0.2, 0.25) is 0 Å². The first-order valence-corrected chi connectivity index (χ1v) is 10.3. The highest BCUT2D eigenvalue weighted by atomic mass is 19.1. The Morgan fingerprint density at radius 3 is 2.50 bits per heavy atom. The second kappa shape index (κ2) is 9.86. The van der Waals surface area contributed by atoms with E-state index >= 15 is 0 Å². The topological polar surface area (TPSA) is 94.0 Å². The number of piperidine rings is 1. The van der Waals surface area contributed by atoms with E-state index in [0.29, 0.717) is 17.8 Å². The Morgan fingerprint density at radius 1 is 1.16 bits per heavy atom. The second-order valence-corrected chi connectivity index (χ2v) is 7.41. The molecule has 2 aliphatic heterocycles. The molecule has 0 unspecified atom stereocenters. The smallest absolute Gasteiger partial charge is 0.200 e. The van der Waals surface area contributed by atoms with Crippen LogP contribution in [0.1, 0.15) is 24.4 Å². The van der Waals surface area contributed by atoms with E-state index in [-0.39, 0.29) is 30.2 Å². The fourth-order valence-electron chi connectivity index (χ4n) is 3.60. The van der Waals surface area contributed by atoms with E-state index in [1.165, 1.54) is 14.2 Å². The summed E-state index contributed by atoms with van der Waals surface area (Å²) in [5.74, 6) is -0.929. The van der Waals surface area contributed by atoms with Gasteiger partial charge in [0.2, 0.25) is 5.96 Å². The molecule has 4 rings (SSSR count). The van der Waals surface area contributed by atoms with Crippen molar-refractivity contribution in [3.8, 4) is 11.5 Å². The lowest BCUT2D eigenvalue weighted by Gasteiger charge is -2.22. The van der Waals surface area contributed by atoms with Gasteiger partial charge in [-0.05, 0) is 25.9 Å². The third kappa shape index (κ3) is 4.77. The number of benzene rings is 1. The lowest BCUT2D eigenvalue weighted by molar-refractivity contribution is 0.184. The Bertz CT molecular complexity index is 989. The van der Waals surface area contributed by atoms with Crippen LogP contribution in [0.3, 0.4) is 0 Å². The maximum Gasteiger partial charge on any atom is 0.200 e. The highest BCUT2D eigenvalue weighted by molar-refractivity contribution is 5.94. The van der Waals surface area contributed by atoms with Crippen molar-refractivity contribution in [3.63, 3.8) is 0 Å². The third-order valence-electron chi connectivity index (χ3n) is 5.38. The van der Waals surface area contributed by atoms with Crippen LogP contribution >= 0.6 is 0 Å². The summed E-state index contributed by atoms with van der Waals surface area (Å²) < 4.78 is 46.3. The minimum atomic E-state index is -0.827. The molecule has 0 bridgehead atoms. The molecule has 1 aromatic heterocycles. The van der Waals surface area contributed by atoms with Crippen molar-refractivity contribution in [1.29, 1.82) is 0 Å². The summed E-state index contributed by atoms with van der Waals surface area (Å²) in [6.45, 7) is 1.86. The quantitative estimate of drug-likeness (QED) is 0.599. The number of methoxy groups -OCH3 is 2. The summed E-state index contributed by atoms with van der Waals surface area (Å²) in [6.07, 6.45) is 7.40. The predicted molar refractivity (Wildman–Crippen MR) is 115 cm³/mol. The lowest BCUT2D eigenvalue weighted by Crippen LogP contribution is -2.30. The van der Waals surface area contributed by atoms with Gasteiger partial charge in [-0.1, -0.05) is 0 Å². The number of hydrogen-bond acceptors (Lipinski definition) is 8. The second-order valence-electron chi connectivity index (χ2n) is 7.41. The molecule has 0 radical (unpaired) electrons. The number of hydrogen-bond donors (Lipinski definition) is 3. The van der Waals surface area contributed by atoms with Crippen LogP contribution in [-0.4, -0.2) is 49.6 Å². The van der Waals surface area contributed by atoms with E-state index in [2.05, 4.69) is 26.0 Å². The van der Waals surface area contributed by atoms with E-state index < -0.39 is 11.6 Å². The van der Waals surface area contributed by atoms with E-state index in [1.54, 1.807) is 12.4 Å². The first-order valence-electron chi connectivity index (χ1n) is 10.3. The van der Waals surface area contributed by atoms with Crippen molar-refractivity contribution in [2.24, 2.45) is 4.99 Å². The molecule has 32 heavy (non-hydrogen) atoms. The summed E-state index contributed by atoms with van der Waals surface area (Å²) in [5.41, 5.74) is 0.542. The Morgan fingerprint density at radius 2 is 1.88 bits per heavy atom. The zero-order valence-electron chi connectivity index (χ0n) is 18.0. The number of nitrogens with one attached hydrogen (secondary N) is 3. The Hall–Kier alpha value is -3.34. The molecule has 0 amide bonds. The van der Waals surface area contributed by atoms with Crippen LogP contribution in [0.25, 0.3) is 0 Å². The van der Waals surface area contributed by atoms with Gasteiger partial charge >= 0.3 is 0 Å². The molecule has 9 nitrogen and oxygen atoms in total. The molecule has 0 spiro atoms. The molecule has 2 aliphatic rings. The van der Waals surface area contributed by atoms with Gasteiger partial charge in [0, 0.05) is 18.5 Å². The SMILES string of the molecule is COc1cc(OC)c(F)c(COC2=CNC(Nc3cnn(C4CCNCC4)c3)=NC2)c1F. The first-order chi connectivity index (χ1) is 15.6. The standard InChI is InChI=1S/C21H26F2N6O3/c1-30-17-7-18(31-2)20(23)16(19(17)22)12-32-15-9-25-21(26-10-15)28-13-8-27-29(11-13)14-3-5-24-6-4-14/h7-9,11,14,24H,3-6,10,12H2,1-2H3,(H2,25,26,28). The van der Waals surface area contributed by atoms with Crippen LogP contribution in [0.5, 0.6) is 11.5 Å². The van der Waals surface area contributed by atoms with E-state index in [0.717, 1.165) is 37.7 Å². The number of anilines is 1. The van der Waals surface area contributed by atoms with Crippen molar-refractivity contribution in [2.75, 3.05) is 39.2 Å². The summed E-state index contributed by atoms with van der Waals surface area (Å²) in [7, 11) is 2.60. The van der Waals surface area contributed by atoms with Crippen LogP contribution in [0.4, 0.5) is 14.5 Å². The van der Waals surface area contributed by atoms with Gasteiger partial charge in [0.25, 0.3) is 0 Å². The van der Waals surface area contributed by atoms with Gasteiger partial charge in [0.15, 0.2) is 23.1 Å². The fourth-order valence-corrected chi connectivity index (χ4v) is 3.60. The summed E-state index contributed by atoms with van der Waals surface area (Å²) >= 11 is 0. The van der Waals surface area contributed by atoms with Crippen LogP contribution < -0.4 is 25.4 Å². The van der Waals surface area contributed by atoms with Crippen LogP contribution in [0.15, 0.2) is 35.4 Å². The Labute approximate surface area is 184 Å². The Kier molecular flexibility index (Phi) is 6.74. The van der Waals surface area contributed by atoms with E-state index in [4.69, 9.17) is 14.2 Å². The molecule has 3 N–H and O–H groups in total. The molecule has 1 saturated heterocycles. The van der Waals surface area contributed by atoms with Crippen molar-refractivity contribution in [1.82, 2.24) is 20.4 Å². The number of rotatable bonds is 7. The molecule has 1 fully saturated rings. The monoisotopic (exact) mass is 448 g/mol. The third-order valence-corrected chi connectivity index (χ3v) is 5.38. The van der Waals surface area contributed by atoms with Crippen LogP contribution in [0, 0.1) is 11.6 Å². The van der Waals surface area contributed by atoms with Gasteiger partial charge in [-0.2, -0.15) is 5.10 Å². The van der Waals surface area contributed by atoms with Gasteiger partial charge in [-0.3, -0.25) is 4.68 Å². The van der Waals surface area contributed by atoms with Gasteiger partial charge in [0.1, 0.15) is 18.9 Å². The average Bonchev–Trinajstić information content (AvgIpc) is 3.29. The highest BCUT2D eigenvalue weighted by Gasteiger charge is 2.21. The largest absolute Gasteiger partial charge is 0.494 e. The fraction of sp³-hybridized carbons (Fsp3) is 0.429. The molecular weight excluding hydrogens is 422 g/mol. The zero-order valence-corrected chi connectivity index (χ0v) is 18.0. The number of halogens is 2. The number of aliphatic imine (C=N–C) groups is 1. The van der Waals surface area contributed by atoms with Gasteiger partial charge in [0.05, 0.1) is 37.7 Å². The molecule has 3 heterocycles. The number of ether oxygens (including phenoxy) is 3.